The lowest BCUT2D eigenvalue weighted by Gasteiger charge is -2.45. The van der Waals surface area contributed by atoms with E-state index in [4.69, 9.17) is 28.3 Å². The Morgan fingerprint density at radius 1 is 1.08 bits per heavy atom. The number of aliphatic carboxylic acids is 1. The predicted molar refractivity (Wildman–Crippen MR) is 151 cm³/mol. The molecule has 39 heavy (non-hydrogen) atoms. The van der Waals surface area contributed by atoms with E-state index in [9.17, 15) is 19.5 Å². The summed E-state index contributed by atoms with van der Waals surface area (Å²) in [5, 5.41) is 21.5. The van der Waals surface area contributed by atoms with Crippen LogP contribution in [0.5, 0.6) is 0 Å². The number of rotatable bonds is 7. The van der Waals surface area contributed by atoms with Crippen molar-refractivity contribution in [3.63, 3.8) is 0 Å². The minimum Gasteiger partial charge on any atom is -0.479 e. The summed E-state index contributed by atoms with van der Waals surface area (Å²) in [6.07, 6.45) is 2.16. The van der Waals surface area contributed by atoms with Crippen molar-refractivity contribution in [1.82, 2.24) is 10.2 Å². The minimum absolute atomic E-state index is 0.105. The number of hydrogen-bond donors (Lipinski definition) is 3. The van der Waals surface area contributed by atoms with E-state index in [-0.39, 0.29) is 23.5 Å². The number of carboxylic acids is 1. The van der Waals surface area contributed by atoms with Gasteiger partial charge < -0.3 is 20.4 Å². The monoisotopic (exact) mass is 575 g/mol. The maximum absolute atomic E-state index is 13.9. The number of anilines is 1. The van der Waals surface area contributed by atoms with E-state index < -0.39 is 18.0 Å². The van der Waals surface area contributed by atoms with Crippen LogP contribution in [0.4, 0.5) is 10.5 Å². The molecule has 2 fully saturated rings. The molecule has 1 saturated heterocycles. The van der Waals surface area contributed by atoms with Crippen LogP contribution >= 0.6 is 23.2 Å². The van der Waals surface area contributed by atoms with E-state index in [1.165, 1.54) is 0 Å². The number of amides is 3. The second-order valence-corrected chi connectivity index (χ2v) is 12.6. The van der Waals surface area contributed by atoms with Crippen molar-refractivity contribution < 1.29 is 24.6 Å². The van der Waals surface area contributed by atoms with Gasteiger partial charge in [-0.15, -0.1) is 0 Å². The van der Waals surface area contributed by atoms with Crippen LogP contribution in [0.3, 0.4) is 0 Å². The zero-order valence-corrected chi connectivity index (χ0v) is 23.9. The van der Waals surface area contributed by atoms with Crippen molar-refractivity contribution in [3.05, 3.63) is 63.6 Å². The SMILES string of the molecule is CC(C)(C)C1CCC2(CC1)CN(c1cc(Cl)cc(Cl)c1)C(=O)N2Cc1ccc(C(=O)NCC(O)C(=O)O)cc1. The molecule has 2 aromatic rings. The summed E-state index contributed by atoms with van der Waals surface area (Å²) in [7, 11) is 0. The molecule has 1 unspecified atom stereocenters. The van der Waals surface area contributed by atoms with Gasteiger partial charge in [0.15, 0.2) is 6.10 Å². The first-order chi connectivity index (χ1) is 18.3. The number of aliphatic hydroxyl groups excluding tert-OH is 1. The maximum atomic E-state index is 13.9. The van der Waals surface area contributed by atoms with Gasteiger partial charge in [0.2, 0.25) is 0 Å². The number of nitrogens with zero attached hydrogens (tertiary/aromatic N) is 2. The Kier molecular flexibility index (Phi) is 8.50. The van der Waals surface area contributed by atoms with Crippen LogP contribution in [0.1, 0.15) is 62.4 Å². The lowest BCUT2D eigenvalue weighted by molar-refractivity contribution is -0.146. The molecule has 3 N–H and O–H groups in total. The van der Waals surface area contributed by atoms with Crippen LogP contribution in [-0.4, -0.2) is 57.8 Å². The second kappa shape index (κ2) is 11.4. The van der Waals surface area contributed by atoms with Gasteiger partial charge in [-0.1, -0.05) is 56.1 Å². The number of halogens is 2. The molecular formula is C29H35Cl2N3O5. The molecule has 1 aliphatic heterocycles. The van der Waals surface area contributed by atoms with E-state index in [1.54, 1.807) is 47.4 Å². The molecule has 2 aromatic carbocycles. The summed E-state index contributed by atoms with van der Waals surface area (Å²) in [5.74, 6) is -1.31. The topological polar surface area (TPSA) is 110 Å². The molecule has 0 radical (unpaired) electrons. The first-order valence-electron chi connectivity index (χ1n) is 13.1. The normalized spacial score (nSPS) is 22.3. The van der Waals surface area contributed by atoms with Crippen LogP contribution in [-0.2, 0) is 11.3 Å². The van der Waals surface area contributed by atoms with E-state index >= 15 is 0 Å². The third kappa shape index (κ3) is 6.51. The second-order valence-electron chi connectivity index (χ2n) is 11.7. The van der Waals surface area contributed by atoms with Gasteiger partial charge in [-0.25, -0.2) is 9.59 Å². The maximum Gasteiger partial charge on any atom is 0.334 e. The Morgan fingerprint density at radius 2 is 1.67 bits per heavy atom. The van der Waals surface area contributed by atoms with Crippen LogP contribution in [0.15, 0.2) is 42.5 Å². The Hall–Kier alpha value is -2.81. The largest absolute Gasteiger partial charge is 0.479 e. The zero-order chi connectivity index (χ0) is 28.5. The number of carboxylic acid groups (broad SMARTS) is 1. The smallest absolute Gasteiger partial charge is 0.334 e. The Morgan fingerprint density at radius 3 is 2.21 bits per heavy atom. The molecule has 8 nitrogen and oxygen atoms in total. The van der Waals surface area contributed by atoms with Crippen molar-refractivity contribution in [2.75, 3.05) is 18.0 Å². The number of nitrogens with one attached hydrogen (secondary N) is 1. The van der Waals surface area contributed by atoms with Crippen LogP contribution in [0.2, 0.25) is 10.0 Å². The number of urea groups is 1. The van der Waals surface area contributed by atoms with Gasteiger partial charge in [-0.05, 0) is 72.9 Å². The third-order valence-corrected chi connectivity index (χ3v) is 8.52. The highest BCUT2D eigenvalue weighted by molar-refractivity contribution is 6.35. The average Bonchev–Trinajstić information content (AvgIpc) is 3.12. The molecule has 1 aliphatic carbocycles. The summed E-state index contributed by atoms with van der Waals surface area (Å²) in [6, 6.07) is 11.9. The summed E-state index contributed by atoms with van der Waals surface area (Å²) in [4.78, 5) is 40.8. The van der Waals surface area contributed by atoms with Crippen LogP contribution in [0, 0.1) is 11.3 Å². The van der Waals surface area contributed by atoms with Crippen LogP contribution in [0.25, 0.3) is 0 Å². The van der Waals surface area contributed by atoms with Gasteiger partial charge >= 0.3 is 12.0 Å². The predicted octanol–water partition coefficient (Wildman–Crippen LogP) is 5.59. The number of aliphatic hydroxyl groups is 1. The van der Waals surface area contributed by atoms with Crippen molar-refractivity contribution in [3.8, 4) is 0 Å². The van der Waals surface area contributed by atoms with E-state index in [2.05, 4.69) is 26.1 Å². The molecule has 10 heteroatoms. The van der Waals surface area contributed by atoms with Crippen molar-refractivity contribution in [2.24, 2.45) is 11.3 Å². The lowest BCUT2D eigenvalue weighted by atomic mass is 9.67. The third-order valence-electron chi connectivity index (χ3n) is 8.08. The summed E-state index contributed by atoms with van der Waals surface area (Å²) >= 11 is 12.5. The molecule has 0 bridgehead atoms. The number of carbonyl (C=O) groups is 3. The highest BCUT2D eigenvalue weighted by Crippen LogP contribution is 2.48. The quantitative estimate of drug-likeness (QED) is 0.399. The van der Waals surface area contributed by atoms with Gasteiger partial charge in [0.1, 0.15) is 0 Å². The number of benzene rings is 2. The molecule has 4 rings (SSSR count). The molecule has 2 aliphatic rings. The molecule has 0 aromatic heterocycles. The zero-order valence-electron chi connectivity index (χ0n) is 22.4. The first-order valence-corrected chi connectivity index (χ1v) is 13.9. The van der Waals surface area contributed by atoms with E-state index in [0.717, 1.165) is 31.2 Å². The summed E-state index contributed by atoms with van der Waals surface area (Å²) in [5.41, 5.74) is 1.74. The molecule has 3 amide bonds. The van der Waals surface area contributed by atoms with Gasteiger partial charge in [0.05, 0.1) is 18.6 Å². The molecule has 1 saturated carbocycles. The fourth-order valence-corrected chi connectivity index (χ4v) is 6.21. The van der Waals surface area contributed by atoms with Crippen molar-refractivity contribution >= 4 is 46.8 Å². The van der Waals surface area contributed by atoms with Gasteiger partial charge in [-0.3, -0.25) is 9.69 Å². The fourth-order valence-electron chi connectivity index (χ4n) is 5.70. The molecule has 1 heterocycles. The molecule has 210 valence electrons. The van der Waals surface area contributed by atoms with Crippen LogP contribution < -0.4 is 10.2 Å². The summed E-state index contributed by atoms with van der Waals surface area (Å²) in [6.45, 7) is 7.35. The fraction of sp³-hybridized carbons (Fsp3) is 0.483. The lowest BCUT2D eigenvalue weighted by Crippen LogP contribution is -2.50. The Labute approximate surface area is 238 Å². The number of carbonyl (C=O) groups excluding carboxylic acids is 2. The molecular weight excluding hydrogens is 541 g/mol. The highest BCUT2D eigenvalue weighted by atomic mass is 35.5. The van der Waals surface area contributed by atoms with Gasteiger partial charge in [-0.2, -0.15) is 0 Å². The highest BCUT2D eigenvalue weighted by Gasteiger charge is 2.52. The Balaban J connectivity index is 1.55. The standard InChI is InChI=1S/C29H35Cl2N3O5/c1-28(2,3)20-8-10-29(11-9-20)17-33(23-13-21(30)12-22(31)14-23)27(39)34(29)16-18-4-6-19(7-5-18)25(36)32-15-24(35)26(37)38/h4-7,12-14,20,24,35H,8-11,15-17H2,1-3H3,(H,32,36)(H,37,38). The van der Waals surface area contributed by atoms with Gasteiger partial charge in [0.25, 0.3) is 5.91 Å². The first kappa shape index (κ1) is 29.2. The van der Waals surface area contributed by atoms with Crippen molar-refractivity contribution in [1.29, 1.82) is 0 Å². The molecule has 1 spiro atoms. The van der Waals surface area contributed by atoms with E-state index in [0.29, 0.717) is 40.3 Å². The van der Waals surface area contributed by atoms with Crippen molar-refractivity contribution in [2.45, 2.75) is 64.6 Å². The van der Waals surface area contributed by atoms with Gasteiger partial charge in [0, 0.05) is 27.8 Å². The number of hydrogen-bond acceptors (Lipinski definition) is 4. The average molecular weight is 577 g/mol. The Bertz CT molecular complexity index is 1220. The summed E-state index contributed by atoms with van der Waals surface area (Å²) < 4.78 is 0. The minimum atomic E-state index is -1.67. The van der Waals surface area contributed by atoms with E-state index in [1.807, 2.05) is 4.90 Å². The molecule has 1 atom stereocenters.